The fourth-order valence-corrected chi connectivity index (χ4v) is 11.3. The van der Waals surface area contributed by atoms with Crippen LogP contribution in [0.4, 0.5) is 4.79 Å². The Labute approximate surface area is 324 Å². The number of nitrogens with zero attached hydrogens (tertiary/aromatic N) is 1. The van der Waals surface area contributed by atoms with E-state index in [2.05, 4.69) is 21.3 Å². The molecule has 4 atom stereocenters. The first-order chi connectivity index (χ1) is 25.4. The van der Waals surface area contributed by atoms with Gasteiger partial charge in [0.15, 0.2) is 9.84 Å². The molecule has 0 aromatic heterocycles. The lowest BCUT2D eigenvalue weighted by Crippen LogP contribution is -2.64. The Morgan fingerprint density at radius 1 is 0.833 bits per heavy atom. The third-order valence-corrected chi connectivity index (χ3v) is 16.9. The molecule has 0 aromatic rings. The highest BCUT2D eigenvalue weighted by Crippen LogP contribution is 2.42. The van der Waals surface area contributed by atoms with Crippen LogP contribution in [0.5, 0.6) is 0 Å². The van der Waals surface area contributed by atoms with Crippen LogP contribution in [0.3, 0.4) is 0 Å². The number of carbonyl (C=O) groups excluding carboxylic acids is 5. The van der Waals surface area contributed by atoms with Gasteiger partial charge in [-0.25, -0.2) is 13.2 Å². The Balaban J connectivity index is 1.40. The van der Waals surface area contributed by atoms with Crippen LogP contribution in [0.15, 0.2) is 0 Å². The molecule has 306 valence electrons. The maximum Gasteiger partial charge on any atom is 0.315 e. The lowest BCUT2D eigenvalue weighted by atomic mass is 9.70. The van der Waals surface area contributed by atoms with Crippen molar-refractivity contribution < 1.29 is 32.4 Å². The number of Topliss-reactive ketones (excluding diaryl/α,β-unsaturated/α-hetero) is 1. The van der Waals surface area contributed by atoms with Crippen molar-refractivity contribution in [2.45, 2.75) is 192 Å². The Morgan fingerprint density at radius 3 is 1.98 bits per heavy atom. The maximum atomic E-state index is 15.0. The predicted molar refractivity (Wildman–Crippen MR) is 209 cm³/mol. The minimum absolute atomic E-state index is 0.0122. The molecular weight excluding hydrogens is 707 g/mol. The molecule has 0 spiro atoms. The molecule has 0 aromatic carbocycles. The molecule has 0 radical (unpaired) electrons. The van der Waals surface area contributed by atoms with Crippen molar-refractivity contribution >= 4 is 39.4 Å². The number of ketones is 1. The van der Waals surface area contributed by atoms with Crippen LogP contribution in [0, 0.1) is 23.2 Å². The van der Waals surface area contributed by atoms with E-state index in [-0.39, 0.29) is 35.5 Å². The van der Waals surface area contributed by atoms with Crippen molar-refractivity contribution in [2.24, 2.45) is 23.2 Å². The predicted octanol–water partition coefficient (Wildman–Crippen LogP) is 5.33. The molecule has 1 saturated heterocycles. The summed E-state index contributed by atoms with van der Waals surface area (Å²) in [5, 5.41) is 12.0. The van der Waals surface area contributed by atoms with Crippen LogP contribution in [0.1, 0.15) is 157 Å². The van der Waals surface area contributed by atoms with Crippen molar-refractivity contribution in [1.29, 1.82) is 0 Å². The summed E-state index contributed by atoms with van der Waals surface area (Å²) in [6.45, 7) is 11.8. The van der Waals surface area contributed by atoms with Gasteiger partial charge in [-0.1, -0.05) is 85.5 Å². The maximum absolute atomic E-state index is 15.0. The van der Waals surface area contributed by atoms with Crippen LogP contribution < -0.4 is 21.3 Å². The van der Waals surface area contributed by atoms with E-state index < -0.39 is 67.3 Å². The number of rotatable bonds is 16. The summed E-state index contributed by atoms with van der Waals surface area (Å²) in [6, 6.07) is -3.33. The zero-order valence-corrected chi connectivity index (χ0v) is 34.7. The van der Waals surface area contributed by atoms with Gasteiger partial charge in [-0.15, -0.1) is 0 Å². The van der Waals surface area contributed by atoms with Crippen LogP contribution in [-0.4, -0.2) is 89.6 Å². The smallest absolute Gasteiger partial charge is 0.315 e. The molecule has 0 bridgehead atoms. The highest BCUT2D eigenvalue weighted by atomic mass is 32.2. The quantitative estimate of drug-likeness (QED) is 0.154. The van der Waals surface area contributed by atoms with Crippen LogP contribution >= 0.6 is 0 Å². The standard InChI is InChI=1S/C41H69N5O7S/c1-7-39(4,5)54(52,53)26-41(22-12-9-13-23-41)45-38(51)44-34(40(6)20-10-8-11-21-40)37(50)46-24-19-30(27(2)3)32(46)35(48)43-31(25-28-15-14-16-28)33(47)36(49)42-29-17-18-29/h27-32,34H,7-26H2,1-6H3,(H,42,49)(H,43,48)(H2,44,45,51)/t30?,31?,32-,34+/m0/s1. The normalized spacial score (nSPS) is 25.6. The molecule has 2 unspecified atom stereocenters. The lowest BCUT2D eigenvalue weighted by Gasteiger charge is -2.44. The van der Waals surface area contributed by atoms with Crippen molar-refractivity contribution in [2.75, 3.05) is 12.3 Å². The van der Waals surface area contributed by atoms with Gasteiger partial charge in [-0.2, -0.15) is 0 Å². The Hall–Kier alpha value is -2.70. The zero-order valence-electron chi connectivity index (χ0n) is 33.9. The third kappa shape index (κ3) is 9.81. The Kier molecular flexibility index (Phi) is 13.5. The van der Waals surface area contributed by atoms with E-state index in [9.17, 15) is 27.6 Å². The number of sulfone groups is 1. The van der Waals surface area contributed by atoms with Crippen molar-refractivity contribution in [3.8, 4) is 0 Å². The Morgan fingerprint density at radius 2 is 1.44 bits per heavy atom. The van der Waals surface area contributed by atoms with E-state index in [0.29, 0.717) is 38.6 Å². The molecule has 5 aliphatic rings. The SMILES string of the molecule is CCC(C)(C)S(=O)(=O)CC1(NC(=O)N[C@H](C(=O)N2CCC(C(C)C)[C@H]2C(=O)NC(CC2CCC2)C(=O)C(=O)NC2CC2)C2(C)CCCCC2)CCCCC1. The van der Waals surface area contributed by atoms with E-state index in [1.54, 1.807) is 18.7 Å². The van der Waals surface area contributed by atoms with E-state index in [1.807, 2.05) is 27.7 Å². The lowest BCUT2D eigenvalue weighted by molar-refractivity contribution is -0.145. The number of hydrogen-bond donors (Lipinski definition) is 4. The van der Waals surface area contributed by atoms with Crippen LogP contribution in [-0.2, 0) is 29.0 Å². The second-order valence-electron chi connectivity index (χ2n) is 18.8. The van der Waals surface area contributed by atoms with E-state index in [0.717, 1.165) is 83.5 Å². The second-order valence-corrected chi connectivity index (χ2v) is 21.5. The summed E-state index contributed by atoms with van der Waals surface area (Å²) < 4.78 is 26.5. The summed E-state index contributed by atoms with van der Waals surface area (Å²) in [7, 11) is -3.58. The fourth-order valence-electron chi connectivity index (χ4n) is 9.36. The first-order valence-corrected chi connectivity index (χ1v) is 22.8. The summed E-state index contributed by atoms with van der Waals surface area (Å²) in [5.41, 5.74) is -1.52. The molecule has 5 rings (SSSR count). The second kappa shape index (κ2) is 17.2. The number of likely N-dealkylation sites (tertiary alicyclic amines) is 1. The highest BCUT2D eigenvalue weighted by molar-refractivity contribution is 7.92. The van der Waals surface area contributed by atoms with Gasteiger partial charge in [0.25, 0.3) is 5.91 Å². The number of carbonyl (C=O) groups is 5. The summed E-state index contributed by atoms with van der Waals surface area (Å²) in [6.07, 6.45) is 14.0. The van der Waals surface area contributed by atoms with Crippen LogP contribution in [0.25, 0.3) is 0 Å². The minimum atomic E-state index is -3.58. The van der Waals surface area contributed by atoms with E-state index >= 15 is 4.79 Å². The zero-order chi connectivity index (χ0) is 39.5. The van der Waals surface area contributed by atoms with E-state index in [4.69, 9.17) is 0 Å². The molecule has 54 heavy (non-hydrogen) atoms. The van der Waals surface area contributed by atoms with Crippen molar-refractivity contribution in [3.63, 3.8) is 0 Å². The monoisotopic (exact) mass is 775 g/mol. The largest absolute Gasteiger partial charge is 0.347 e. The molecule has 4 saturated carbocycles. The van der Waals surface area contributed by atoms with Gasteiger partial charge in [0.05, 0.1) is 22.1 Å². The molecular formula is C41H69N5O7S. The van der Waals surface area contributed by atoms with Crippen LogP contribution in [0.2, 0.25) is 0 Å². The first-order valence-electron chi connectivity index (χ1n) is 21.2. The van der Waals surface area contributed by atoms with Crippen molar-refractivity contribution in [3.05, 3.63) is 0 Å². The molecule has 5 fully saturated rings. The summed E-state index contributed by atoms with van der Waals surface area (Å²) in [5.74, 6) is -2.09. The molecule has 1 heterocycles. The molecule has 13 heteroatoms. The average Bonchev–Trinajstić information content (AvgIpc) is 3.80. The minimum Gasteiger partial charge on any atom is -0.347 e. The number of urea groups is 1. The molecule has 5 amide bonds. The van der Waals surface area contributed by atoms with Gasteiger partial charge >= 0.3 is 6.03 Å². The Bertz CT molecular complexity index is 1490. The molecule has 1 aliphatic heterocycles. The topological polar surface area (TPSA) is 171 Å². The fraction of sp³-hybridized carbons (Fsp3) is 0.878. The summed E-state index contributed by atoms with van der Waals surface area (Å²) in [4.78, 5) is 71.7. The average molecular weight is 776 g/mol. The summed E-state index contributed by atoms with van der Waals surface area (Å²) >= 11 is 0. The van der Waals surface area contributed by atoms with Gasteiger partial charge in [-0.3, -0.25) is 19.2 Å². The van der Waals surface area contributed by atoms with Gasteiger partial charge in [0, 0.05) is 12.6 Å². The number of amides is 5. The number of hydrogen-bond acceptors (Lipinski definition) is 7. The van der Waals surface area contributed by atoms with E-state index in [1.165, 1.54) is 0 Å². The van der Waals surface area contributed by atoms with Gasteiger partial charge < -0.3 is 26.2 Å². The molecule has 4 aliphatic carbocycles. The first kappa shape index (κ1) is 42.4. The van der Waals surface area contributed by atoms with Gasteiger partial charge in [0.1, 0.15) is 12.1 Å². The van der Waals surface area contributed by atoms with Gasteiger partial charge in [-0.05, 0) is 94.8 Å². The third-order valence-electron chi connectivity index (χ3n) is 14.0. The molecule has 4 N–H and O–H groups in total. The van der Waals surface area contributed by atoms with Gasteiger partial charge in [0.2, 0.25) is 17.6 Å². The number of nitrogens with one attached hydrogen (secondary N) is 4. The molecule has 12 nitrogen and oxygen atoms in total. The van der Waals surface area contributed by atoms with Crippen molar-refractivity contribution in [1.82, 2.24) is 26.2 Å². The highest BCUT2D eigenvalue weighted by Gasteiger charge is 2.51.